The quantitative estimate of drug-likeness (QED) is 0.121. The molecule has 0 saturated carbocycles. The lowest BCUT2D eigenvalue weighted by Crippen LogP contribution is -2.29. The standard InChI is InChI=1S/C26H44O6/c1-16(2)10-12-19(14-20(27)13-11-17(3)4)24(30)22(23(29)18(5)6)25(31)32-21(28)15-26(7,8)9/h16-19,29H,10-15H2,1-9H3/t19-/m1/s1. The Kier molecular flexibility index (Phi) is 12.7. The van der Waals surface area contributed by atoms with Gasteiger partial charge in [-0.2, -0.15) is 0 Å². The number of hydrogen-bond acceptors (Lipinski definition) is 6. The Bertz CT molecular complexity index is 692. The molecule has 0 aromatic carbocycles. The Morgan fingerprint density at radius 1 is 0.844 bits per heavy atom. The summed E-state index contributed by atoms with van der Waals surface area (Å²) in [6.45, 7) is 16.9. The van der Waals surface area contributed by atoms with Crippen molar-refractivity contribution in [1.82, 2.24) is 0 Å². The van der Waals surface area contributed by atoms with E-state index >= 15 is 0 Å². The second kappa shape index (κ2) is 13.5. The molecule has 0 amide bonds. The average molecular weight is 453 g/mol. The lowest BCUT2D eigenvalue weighted by molar-refractivity contribution is -0.158. The number of rotatable bonds is 13. The first-order chi connectivity index (χ1) is 14.5. The fourth-order valence-electron chi connectivity index (χ4n) is 3.13. The van der Waals surface area contributed by atoms with Crippen molar-refractivity contribution in [3.63, 3.8) is 0 Å². The molecular weight excluding hydrogens is 408 g/mol. The molecule has 0 saturated heterocycles. The Morgan fingerprint density at radius 3 is 1.81 bits per heavy atom. The van der Waals surface area contributed by atoms with E-state index in [9.17, 15) is 24.3 Å². The van der Waals surface area contributed by atoms with Crippen LogP contribution in [0, 0.1) is 29.1 Å². The number of aliphatic hydroxyl groups is 1. The van der Waals surface area contributed by atoms with Crippen LogP contribution in [-0.2, 0) is 23.9 Å². The van der Waals surface area contributed by atoms with Crippen LogP contribution in [0.1, 0.15) is 101 Å². The van der Waals surface area contributed by atoms with E-state index in [-0.39, 0.29) is 18.6 Å². The van der Waals surface area contributed by atoms with Crippen LogP contribution in [0.15, 0.2) is 11.3 Å². The summed E-state index contributed by atoms with van der Waals surface area (Å²) in [4.78, 5) is 50.9. The molecule has 1 N–H and O–H groups in total. The molecule has 1 atom stereocenters. The molecule has 0 aliphatic heterocycles. The van der Waals surface area contributed by atoms with Crippen molar-refractivity contribution in [2.45, 2.75) is 101 Å². The molecule has 0 bridgehead atoms. The Balaban J connectivity index is 5.85. The Hall–Kier alpha value is -1.98. The second-order valence-corrected chi connectivity index (χ2v) is 11.1. The number of ketones is 2. The van der Waals surface area contributed by atoms with E-state index in [0.29, 0.717) is 31.1 Å². The average Bonchev–Trinajstić information content (AvgIpc) is 2.61. The van der Waals surface area contributed by atoms with Crippen molar-refractivity contribution in [3.05, 3.63) is 11.3 Å². The largest absolute Gasteiger partial charge is 0.511 e. The SMILES string of the molecule is CC(C)CCC(=O)C[C@@H](CCC(C)C)C(=O)C(C(=O)OC(=O)CC(C)(C)C)=C(O)C(C)C. The van der Waals surface area contributed by atoms with E-state index in [1.165, 1.54) is 0 Å². The van der Waals surface area contributed by atoms with Gasteiger partial charge in [-0.15, -0.1) is 0 Å². The molecule has 0 aliphatic carbocycles. The van der Waals surface area contributed by atoms with Gasteiger partial charge in [0.15, 0.2) is 5.78 Å². The van der Waals surface area contributed by atoms with Gasteiger partial charge in [0.2, 0.25) is 0 Å². The normalized spacial score (nSPS) is 13.9. The summed E-state index contributed by atoms with van der Waals surface area (Å²) in [7, 11) is 0. The highest BCUT2D eigenvalue weighted by atomic mass is 16.6. The topological polar surface area (TPSA) is 97.7 Å². The fraction of sp³-hybridized carbons (Fsp3) is 0.769. The minimum absolute atomic E-state index is 0.00683. The van der Waals surface area contributed by atoms with Crippen LogP contribution in [0.3, 0.4) is 0 Å². The second-order valence-electron chi connectivity index (χ2n) is 11.1. The molecular formula is C26H44O6. The first-order valence-electron chi connectivity index (χ1n) is 11.8. The highest BCUT2D eigenvalue weighted by Crippen LogP contribution is 2.26. The Morgan fingerprint density at radius 2 is 1.38 bits per heavy atom. The van der Waals surface area contributed by atoms with E-state index in [4.69, 9.17) is 4.74 Å². The van der Waals surface area contributed by atoms with E-state index in [0.717, 1.165) is 6.42 Å². The molecule has 0 radical (unpaired) electrons. The molecule has 6 nitrogen and oxygen atoms in total. The van der Waals surface area contributed by atoms with Gasteiger partial charge in [-0.25, -0.2) is 4.79 Å². The molecule has 0 aromatic heterocycles. The highest BCUT2D eigenvalue weighted by molar-refractivity contribution is 6.20. The summed E-state index contributed by atoms with van der Waals surface area (Å²) in [5, 5.41) is 10.6. The van der Waals surface area contributed by atoms with Gasteiger partial charge in [-0.1, -0.05) is 68.7 Å². The van der Waals surface area contributed by atoms with E-state index < -0.39 is 46.3 Å². The first kappa shape index (κ1) is 30.0. The molecule has 0 unspecified atom stereocenters. The monoisotopic (exact) mass is 452 g/mol. The van der Waals surface area contributed by atoms with Crippen molar-refractivity contribution in [2.75, 3.05) is 0 Å². The molecule has 0 spiro atoms. The maximum absolute atomic E-state index is 13.4. The fourth-order valence-corrected chi connectivity index (χ4v) is 3.13. The minimum Gasteiger partial charge on any atom is -0.511 e. The van der Waals surface area contributed by atoms with Gasteiger partial charge in [0, 0.05) is 24.7 Å². The predicted octanol–water partition coefficient (Wildman–Crippen LogP) is 5.98. The molecule has 184 valence electrons. The summed E-state index contributed by atoms with van der Waals surface area (Å²) >= 11 is 0. The van der Waals surface area contributed by atoms with Gasteiger partial charge < -0.3 is 9.84 Å². The maximum Gasteiger partial charge on any atom is 0.352 e. The zero-order valence-electron chi connectivity index (χ0n) is 21.5. The molecule has 6 heteroatoms. The van der Waals surface area contributed by atoms with E-state index in [1.54, 1.807) is 13.8 Å². The lowest BCUT2D eigenvalue weighted by Gasteiger charge is -2.20. The maximum atomic E-state index is 13.4. The van der Waals surface area contributed by atoms with Crippen LogP contribution in [-0.4, -0.2) is 28.6 Å². The van der Waals surface area contributed by atoms with Crippen molar-refractivity contribution in [3.8, 4) is 0 Å². The van der Waals surface area contributed by atoms with Gasteiger partial charge in [0.05, 0.1) is 6.42 Å². The van der Waals surface area contributed by atoms with Crippen molar-refractivity contribution < 1.29 is 29.0 Å². The lowest BCUT2D eigenvalue weighted by atomic mass is 9.84. The van der Waals surface area contributed by atoms with Crippen LogP contribution in [0.4, 0.5) is 0 Å². The van der Waals surface area contributed by atoms with Crippen LogP contribution in [0.2, 0.25) is 0 Å². The van der Waals surface area contributed by atoms with Crippen LogP contribution < -0.4 is 0 Å². The number of ether oxygens (including phenoxy) is 1. The molecule has 0 rings (SSSR count). The third kappa shape index (κ3) is 12.2. The number of carbonyl (C=O) groups is 4. The number of allylic oxidation sites excluding steroid dienone is 1. The van der Waals surface area contributed by atoms with Crippen molar-refractivity contribution >= 4 is 23.5 Å². The number of aliphatic hydroxyl groups excluding tert-OH is 1. The summed E-state index contributed by atoms with van der Waals surface area (Å²) in [5.74, 6) is -3.54. The number of hydrogen-bond donors (Lipinski definition) is 1. The van der Waals surface area contributed by atoms with Gasteiger partial charge in [-0.05, 0) is 30.1 Å². The molecule has 0 aliphatic rings. The molecule has 32 heavy (non-hydrogen) atoms. The minimum atomic E-state index is -1.14. The van der Waals surface area contributed by atoms with Crippen LogP contribution in [0.25, 0.3) is 0 Å². The zero-order chi connectivity index (χ0) is 25.2. The predicted molar refractivity (Wildman–Crippen MR) is 126 cm³/mol. The summed E-state index contributed by atoms with van der Waals surface area (Å²) in [6, 6.07) is 0. The Labute approximate surface area is 194 Å². The zero-order valence-corrected chi connectivity index (χ0v) is 21.5. The molecule has 0 aromatic rings. The van der Waals surface area contributed by atoms with Gasteiger partial charge in [0.25, 0.3) is 0 Å². The summed E-state index contributed by atoms with van der Waals surface area (Å²) in [5.41, 5.74) is -0.902. The van der Waals surface area contributed by atoms with Gasteiger partial charge in [0.1, 0.15) is 17.1 Å². The first-order valence-corrected chi connectivity index (χ1v) is 11.8. The highest BCUT2D eigenvalue weighted by Gasteiger charge is 2.34. The van der Waals surface area contributed by atoms with Crippen molar-refractivity contribution in [2.24, 2.45) is 29.1 Å². The molecule has 0 fully saturated rings. The van der Waals surface area contributed by atoms with E-state index in [1.807, 2.05) is 48.5 Å². The number of esters is 2. The summed E-state index contributed by atoms with van der Waals surface area (Å²) < 4.78 is 4.94. The number of Topliss-reactive ketones (excluding diaryl/α,β-unsaturated/α-hetero) is 2. The number of carbonyl (C=O) groups excluding carboxylic acids is 4. The molecule has 0 heterocycles. The third-order valence-electron chi connectivity index (χ3n) is 5.07. The smallest absolute Gasteiger partial charge is 0.352 e. The van der Waals surface area contributed by atoms with Crippen LogP contribution >= 0.6 is 0 Å². The van der Waals surface area contributed by atoms with Gasteiger partial charge >= 0.3 is 11.9 Å². The third-order valence-corrected chi connectivity index (χ3v) is 5.07. The van der Waals surface area contributed by atoms with Gasteiger partial charge in [-0.3, -0.25) is 14.4 Å². The van der Waals surface area contributed by atoms with Crippen molar-refractivity contribution in [1.29, 1.82) is 0 Å². The van der Waals surface area contributed by atoms with E-state index in [2.05, 4.69) is 0 Å². The summed E-state index contributed by atoms with van der Waals surface area (Å²) in [6.07, 6.45) is 2.22. The van der Waals surface area contributed by atoms with Crippen LogP contribution in [0.5, 0.6) is 0 Å².